The number of allylic oxidation sites excluding steroid dienone is 2. The first-order valence-corrected chi connectivity index (χ1v) is 14.8. The van der Waals surface area contributed by atoms with Crippen LogP contribution in [0.5, 0.6) is 0 Å². The van der Waals surface area contributed by atoms with Gasteiger partial charge in [0.1, 0.15) is 0 Å². The number of anilines is 1. The highest BCUT2D eigenvalue weighted by atomic mass is 79.9. The second-order valence-corrected chi connectivity index (χ2v) is 11.7. The van der Waals surface area contributed by atoms with E-state index >= 15 is 0 Å². The topological polar surface area (TPSA) is 115 Å². The minimum absolute atomic E-state index is 0.0672. The van der Waals surface area contributed by atoms with Crippen molar-refractivity contribution in [3.8, 4) is 0 Å². The van der Waals surface area contributed by atoms with Gasteiger partial charge in [-0.2, -0.15) is 0 Å². The van der Waals surface area contributed by atoms with Crippen molar-refractivity contribution < 1.29 is 19.1 Å². The minimum atomic E-state index is -1.42. The monoisotopic (exact) mass is 659 g/mol. The molecule has 2 aromatic heterocycles. The molecule has 1 amide bonds. The molecule has 1 saturated carbocycles. The molecule has 2 aliphatic rings. The van der Waals surface area contributed by atoms with Crippen LogP contribution in [0.1, 0.15) is 54.9 Å². The van der Waals surface area contributed by atoms with Gasteiger partial charge in [-0.3, -0.25) is 14.6 Å². The van der Waals surface area contributed by atoms with E-state index < -0.39 is 23.0 Å². The number of pyridine rings is 1. The zero-order valence-corrected chi connectivity index (χ0v) is 25.4. The molecule has 1 fully saturated rings. The Morgan fingerprint density at radius 3 is 2.39 bits per heavy atom. The lowest BCUT2D eigenvalue weighted by Gasteiger charge is -2.48. The number of esters is 1. The molecule has 3 aromatic rings. The van der Waals surface area contributed by atoms with E-state index in [1.54, 1.807) is 42.3 Å². The lowest BCUT2D eigenvalue weighted by molar-refractivity contribution is -0.156. The Morgan fingerprint density at radius 2 is 1.78 bits per heavy atom. The van der Waals surface area contributed by atoms with E-state index in [1.165, 1.54) is 12.4 Å². The van der Waals surface area contributed by atoms with Crippen LogP contribution in [0.25, 0.3) is 0 Å². The van der Waals surface area contributed by atoms with Crippen molar-refractivity contribution >= 4 is 62.5 Å². The number of halogens is 3. The van der Waals surface area contributed by atoms with E-state index in [2.05, 4.69) is 36.5 Å². The summed E-state index contributed by atoms with van der Waals surface area (Å²) in [5, 5.41) is 6.55. The van der Waals surface area contributed by atoms with Gasteiger partial charge in [0.25, 0.3) is 5.91 Å². The lowest BCUT2D eigenvalue weighted by atomic mass is 9.62. The first kappa shape index (κ1) is 29.3. The summed E-state index contributed by atoms with van der Waals surface area (Å²) in [5.74, 6) is -0.909. The second-order valence-electron chi connectivity index (χ2n) is 10.1. The average Bonchev–Trinajstić information content (AvgIpc) is 3.52. The third-order valence-corrected chi connectivity index (χ3v) is 9.01. The van der Waals surface area contributed by atoms with Crippen molar-refractivity contribution in [3.05, 3.63) is 86.7 Å². The molecule has 9 nitrogen and oxygen atoms in total. The summed E-state index contributed by atoms with van der Waals surface area (Å²) in [6.45, 7) is 1.92. The van der Waals surface area contributed by atoms with Gasteiger partial charge in [0, 0.05) is 42.6 Å². The number of carbonyl (C=O) groups is 3. The predicted molar refractivity (Wildman–Crippen MR) is 159 cm³/mol. The van der Waals surface area contributed by atoms with Gasteiger partial charge in [-0.15, -0.1) is 0 Å². The third kappa shape index (κ3) is 5.40. The van der Waals surface area contributed by atoms with Crippen LogP contribution in [-0.2, 0) is 26.4 Å². The van der Waals surface area contributed by atoms with Gasteiger partial charge in [-0.05, 0) is 53.4 Å². The number of carbonyl (C=O) groups excluding carboxylic acids is 3. The maximum Gasteiger partial charge on any atom is 0.353 e. The van der Waals surface area contributed by atoms with Gasteiger partial charge >= 0.3 is 5.97 Å². The standard InChI is InChI=1S/C29H28BrCl2N5O4/c1-2-41-27(40)29(37-13-12-33-17-37,36-24-23(30)25(38)28(24)10-4-3-5-11-28)14-18-6-8-19(9-7-18)35-26(39)22-20(31)15-34-16-21(22)32/h6-9,12-13,15-17,36H,2-5,10-11,14H2,1H3,(H,35,39)/t29-/m0/s1. The normalized spacial score (nSPS) is 17.5. The summed E-state index contributed by atoms with van der Waals surface area (Å²) in [7, 11) is 0. The molecule has 214 valence electrons. The molecular formula is C29H28BrCl2N5O4. The second kappa shape index (κ2) is 12.0. The molecule has 0 saturated heterocycles. The fourth-order valence-electron chi connectivity index (χ4n) is 5.59. The Hall–Kier alpha value is -3.21. The highest BCUT2D eigenvalue weighted by Crippen LogP contribution is 2.54. The van der Waals surface area contributed by atoms with E-state index in [9.17, 15) is 14.4 Å². The number of Topliss-reactive ketones (excluding diaryl/α,β-unsaturated/α-hetero) is 1. The number of imidazole rings is 1. The Labute approximate surface area is 255 Å². The zero-order chi connectivity index (χ0) is 29.2. The molecule has 2 N–H and O–H groups in total. The number of ketones is 1. The van der Waals surface area contributed by atoms with Crippen LogP contribution in [0, 0.1) is 5.41 Å². The van der Waals surface area contributed by atoms with Crippen LogP contribution in [0.15, 0.2) is 65.6 Å². The van der Waals surface area contributed by atoms with E-state index in [1.807, 2.05) is 12.1 Å². The van der Waals surface area contributed by atoms with Crippen LogP contribution < -0.4 is 10.6 Å². The molecule has 2 heterocycles. The van der Waals surface area contributed by atoms with Crippen LogP contribution in [-0.4, -0.2) is 38.8 Å². The molecule has 12 heteroatoms. The summed E-state index contributed by atoms with van der Waals surface area (Å²) < 4.78 is 7.74. The zero-order valence-electron chi connectivity index (χ0n) is 22.3. The number of rotatable bonds is 9. The van der Waals surface area contributed by atoms with Gasteiger partial charge in [0.05, 0.1) is 38.4 Å². The third-order valence-electron chi connectivity index (χ3n) is 7.68. The first-order chi connectivity index (χ1) is 19.7. The Morgan fingerprint density at radius 1 is 1.10 bits per heavy atom. The Balaban J connectivity index is 1.47. The number of hydrogen-bond acceptors (Lipinski definition) is 7. The van der Waals surface area contributed by atoms with E-state index in [0.29, 0.717) is 10.2 Å². The van der Waals surface area contributed by atoms with E-state index in [4.69, 9.17) is 27.9 Å². The number of aromatic nitrogens is 3. The average molecular weight is 661 g/mol. The van der Waals surface area contributed by atoms with E-state index in [-0.39, 0.29) is 34.4 Å². The summed E-state index contributed by atoms with van der Waals surface area (Å²) in [4.78, 5) is 47.8. The molecule has 0 unspecified atom stereocenters. The molecule has 0 bridgehead atoms. The Bertz CT molecular complexity index is 1480. The van der Waals surface area contributed by atoms with Gasteiger partial charge in [0.2, 0.25) is 5.66 Å². The highest BCUT2D eigenvalue weighted by molar-refractivity contribution is 9.12. The van der Waals surface area contributed by atoms with Gasteiger partial charge < -0.3 is 19.9 Å². The summed E-state index contributed by atoms with van der Waals surface area (Å²) >= 11 is 15.7. The minimum Gasteiger partial charge on any atom is -0.463 e. The van der Waals surface area contributed by atoms with Gasteiger partial charge in [-0.25, -0.2) is 9.78 Å². The number of ether oxygens (including phenoxy) is 1. The van der Waals surface area contributed by atoms with Crippen LogP contribution >= 0.6 is 39.1 Å². The number of hydrogen-bond donors (Lipinski definition) is 2. The molecule has 1 aromatic carbocycles. The Kier molecular flexibility index (Phi) is 8.54. The fourth-order valence-corrected chi connectivity index (χ4v) is 6.98. The molecular weight excluding hydrogens is 633 g/mol. The first-order valence-electron chi connectivity index (χ1n) is 13.3. The summed E-state index contributed by atoms with van der Waals surface area (Å²) in [5.41, 5.74) is 0.0736. The largest absolute Gasteiger partial charge is 0.463 e. The van der Waals surface area contributed by atoms with Crippen molar-refractivity contribution in [1.29, 1.82) is 0 Å². The van der Waals surface area contributed by atoms with Crippen LogP contribution in [0.3, 0.4) is 0 Å². The van der Waals surface area contributed by atoms with Crippen molar-refractivity contribution in [2.75, 3.05) is 11.9 Å². The van der Waals surface area contributed by atoms with Crippen molar-refractivity contribution in [3.63, 3.8) is 0 Å². The van der Waals surface area contributed by atoms with E-state index in [0.717, 1.165) is 43.4 Å². The fraction of sp³-hybridized carbons (Fsp3) is 0.345. The number of benzene rings is 1. The molecule has 5 rings (SSSR count). The molecule has 1 spiro atoms. The smallest absolute Gasteiger partial charge is 0.353 e. The molecule has 41 heavy (non-hydrogen) atoms. The van der Waals surface area contributed by atoms with Gasteiger partial charge in [-0.1, -0.05) is 54.6 Å². The van der Waals surface area contributed by atoms with Crippen molar-refractivity contribution in [2.24, 2.45) is 5.41 Å². The molecule has 1 atom stereocenters. The highest BCUT2D eigenvalue weighted by Gasteiger charge is 2.56. The van der Waals surface area contributed by atoms with Gasteiger partial charge in [0.15, 0.2) is 5.78 Å². The number of amides is 1. The SMILES string of the molecule is CCOC(=O)[C@@](Cc1ccc(NC(=O)c2c(Cl)cncc2Cl)cc1)(NC1=C(Br)C(=O)C12CCCCC2)n1ccnc1. The summed E-state index contributed by atoms with van der Waals surface area (Å²) in [6, 6.07) is 7.07. The quantitative estimate of drug-likeness (QED) is 0.270. The van der Waals surface area contributed by atoms with Crippen LogP contribution in [0.4, 0.5) is 5.69 Å². The molecule has 0 radical (unpaired) electrons. The van der Waals surface area contributed by atoms with Crippen molar-refractivity contribution in [1.82, 2.24) is 19.9 Å². The maximum absolute atomic E-state index is 13.8. The molecule has 0 aliphatic heterocycles. The lowest BCUT2D eigenvalue weighted by Crippen LogP contribution is -2.61. The maximum atomic E-state index is 13.8. The number of nitrogens with zero attached hydrogens (tertiary/aromatic N) is 3. The summed E-state index contributed by atoms with van der Waals surface area (Å²) in [6.07, 6.45) is 12.1. The number of nitrogens with one attached hydrogen (secondary N) is 2. The van der Waals surface area contributed by atoms with Crippen LogP contribution in [0.2, 0.25) is 10.0 Å². The predicted octanol–water partition coefficient (Wildman–Crippen LogP) is 6.03. The molecule has 2 aliphatic carbocycles. The van der Waals surface area contributed by atoms with Crippen molar-refractivity contribution in [2.45, 2.75) is 51.1 Å².